The maximum Gasteiger partial charge on any atom is 0.309 e. The number of esters is 1. The van der Waals surface area contributed by atoms with Crippen LogP contribution in [0.3, 0.4) is 0 Å². The maximum atomic E-state index is 12.0. The van der Waals surface area contributed by atoms with Crippen LogP contribution in [0.1, 0.15) is 19.8 Å². The third-order valence-corrected chi connectivity index (χ3v) is 5.32. The first-order valence-electron chi connectivity index (χ1n) is 9.76. The van der Waals surface area contributed by atoms with Crippen LogP contribution in [-0.2, 0) is 9.53 Å². The molecule has 0 spiro atoms. The fourth-order valence-corrected chi connectivity index (χ4v) is 3.79. The van der Waals surface area contributed by atoms with Gasteiger partial charge >= 0.3 is 5.97 Å². The zero-order valence-corrected chi connectivity index (χ0v) is 16.0. The number of hydrogen-bond donors (Lipinski definition) is 1. The Hall–Kier alpha value is -3.08. The normalized spacial score (nSPS) is 15.0. The minimum absolute atomic E-state index is 0.00999. The van der Waals surface area contributed by atoms with Crippen molar-refractivity contribution in [3.05, 3.63) is 54.6 Å². The van der Waals surface area contributed by atoms with Crippen molar-refractivity contribution in [2.75, 3.05) is 24.6 Å². The number of carbonyl (C=O) groups excluding carboxylic acids is 1. The van der Waals surface area contributed by atoms with Crippen molar-refractivity contribution in [2.45, 2.75) is 19.8 Å². The van der Waals surface area contributed by atoms with E-state index in [9.17, 15) is 9.90 Å². The van der Waals surface area contributed by atoms with Gasteiger partial charge in [0.05, 0.1) is 18.0 Å². The lowest BCUT2D eigenvalue weighted by Crippen LogP contribution is -2.37. The molecule has 1 saturated heterocycles. The number of rotatable bonds is 4. The van der Waals surface area contributed by atoms with E-state index in [0.29, 0.717) is 6.61 Å². The highest BCUT2D eigenvalue weighted by Gasteiger charge is 2.26. The Kier molecular flexibility index (Phi) is 5.15. The van der Waals surface area contributed by atoms with E-state index in [4.69, 9.17) is 9.72 Å². The number of hydrogen-bond acceptors (Lipinski definition) is 5. The van der Waals surface area contributed by atoms with Gasteiger partial charge in [-0.1, -0.05) is 30.3 Å². The Morgan fingerprint density at radius 1 is 1.11 bits per heavy atom. The monoisotopic (exact) mass is 376 g/mol. The van der Waals surface area contributed by atoms with E-state index >= 15 is 0 Å². The molecule has 144 valence electrons. The van der Waals surface area contributed by atoms with Gasteiger partial charge in [-0.15, -0.1) is 0 Å². The molecule has 1 N–H and O–H groups in total. The van der Waals surface area contributed by atoms with E-state index in [0.717, 1.165) is 53.8 Å². The van der Waals surface area contributed by atoms with E-state index in [1.807, 2.05) is 31.2 Å². The number of piperidine rings is 1. The zero-order valence-electron chi connectivity index (χ0n) is 16.0. The van der Waals surface area contributed by atoms with Crippen molar-refractivity contribution in [3.8, 4) is 16.9 Å². The number of anilines is 1. The van der Waals surface area contributed by atoms with Crippen LogP contribution in [0.2, 0.25) is 0 Å². The molecule has 28 heavy (non-hydrogen) atoms. The summed E-state index contributed by atoms with van der Waals surface area (Å²) in [4.78, 5) is 19.2. The van der Waals surface area contributed by atoms with Crippen molar-refractivity contribution in [1.82, 2.24) is 4.98 Å². The Bertz CT molecular complexity index is 977. The summed E-state index contributed by atoms with van der Waals surface area (Å²) < 4.78 is 5.16. The second-order valence-corrected chi connectivity index (χ2v) is 7.11. The highest BCUT2D eigenvalue weighted by Crippen LogP contribution is 2.31. The number of para-hydroxylation sites is 1. The van der Waals surface area contributed by atoms with Crippen LogP contribution in [0.25, 0.3) is 22.0 Å². The number of nitrogens with zero attached hydrogens (tertiary/aromatic N) is 2. The van der Waals surface area contributed by atoms with Crippen molar-refractivity contribution in [1.29, 1.82) is 0 Å². The summed E-state index contributed by atoms with van der Waals surface area (Å²) in [6, 6.07) is 17.5. The quantitative estimate of drug-likeness (QED) is 0.685. The van der Waals surface area contributed by atoms with Gasteiger partial charge in [-0.25, -0.2) is 4.98 Å². The molecule has 0 unspecified atom stereocenters. The molecule has 1 aromatic heterocycles. The van der Waals surface area contributed by atoms with E-state index in [1.54, 1.807) is 12.1 Å². The Labute approximate surface area is 164 Å². The molecule has 2 aromatic carbocycles. The minimum Gasteiger partial charge on any atom is -0.508 e. The van der Waals surface area contributed by atoms with Gasteiger partial charge < -0.3 is 14.7 Å². The lowest BCUT2D eigenvalue weighted by molar-refractivity contribution is -0.148. The zero-order chi connectivity index (χ0) is 19.5. The average molecular weight is 376 g/mol. The highest BCUT2D eigenvalue weighted by molar-refractivity contribution is 5.94. The number of aromatic hydroxyl groups is 1. The predicted molar refractivity (Wildman–Crippen MR) is 110 cm³/mol. The SMILES string of the molecule is CCOC(=O)C1CCN(c2ccc3cccc(-c4ccc(O)cc4)c3n2)CC1. The summed E-state index contributed by atoms with van der Waals surface area (Å²) in [5.41, 5.74) is 3.01. The summed E-state index contributed by atoms with van der Waals surface area (Å²) in [6.45, 7) is 3.87. The van der Waals surface area contributed by atoms with Gasteiger partial charge in [-0.3, -0.25) is 4.79 Å². The first kappa shape index (κ1) is 18.3. The fraction of sp³-hybridized carbons (Fsp3) is 0.304. The first-order valence-corrected chi connectivity index (χ1v) is 9.76. The molecule has 0 radical (unpaired) electrons. The standard InChI is InChI=1S/C23H24N2O3/c1-2-28-23(27)18-12-14-25(15-13-18)21-11-8-17-4-3-5-20(22(17)24-21)16-6-9-19(26)10-7-16/h3-11,18,26H,2,12-15H2,1H3. The largest absolute Gasteiger partial charge is 0.508 e. The van der Waals surface area contributed by atoms with E-state index in [2.05, 4.69) is 23.1 Å². The third kappa shape index (κ3) is 3.65. The number of ether oxygens (including phenoxy) is 1. The molecule has 1 aliphatic heterocycles. The molecule has 0 atom stereocenters. The highest BCUT2D eigenvalue weighted by atomic mass is 16.5. The number of phenols is 1. The van der Waals surface area contributed by atoms with Crippen LogP contribution in [0.15, 0.2) is 54.6 Å². The van der Waals surface area contributed by atoms with Crippen molar-refractivity contribution in [2.24, 2.45) is 5.92 Å². The summed E-state index contributed by atoms with van der Waals surface area (Å²) >= 11 is 0. The maximum absolute atomic E-state index is 12.0. The van der Waals surface area contributed by atoms with Crippen LogP contribution in [0, 0.1) is 5.92 Å². The van der Waals surface area contributed by atoms with E-state index in [-0.39, 0.29) is 17.6 Å². The van der Waals surface area contributed by atoms with E-state index in [1.165, 1.54) is 0 Å². The molecule has 0 bridgehead atoms. The predicted octanol–water partition coefficient (Wildman–Crippen LogP) is 4.39. The molecule has 1 aliphatic rings. The number of aromatic nitrogens is 1. The number of fused-ring (bicyclic) bond motifs is 1. The van der Waals surface area contributed by atoms with Crippen LogP contribution < -0.4 is 4.90 Å². The van der Waals surface area contributed by atoms with Crippen molar-refractivity contribution >= 4 is 22.7 Å². The van der Waals surface area contributed by atoms with Gasteiger partial charge in [0.25, 0.3) is 0 Å². The molecular formula is C23H24N2O3. The van der Waals surface area contributed by atoms with Gasteiger partial charge in [-0.2, -0.15) is 0 Å². The Balaban J connectivity index is 1.60. The lowest BCUT2D eigenvalue weighted by atomic mass is 9.97. The van der Waals surface area contributed by atoms with Crippen molar-refractivity contribution in [3.63, 3.8) is 0 Å². The number of benzene rings is 2. The minimum atomic E-state index is -0.0803. The van der Waals surface area contributed by atoms with Gasteiger partial charge in [-0.05, 0) is 49.6 Å². The van der Waals surface area contributed by atoms with Crippen molar-refractivity contribution < 1.29 is 14.6 Å². The summed E-state index contributed by atoms with van der Waals surface area (Å²) in [6.07, 6.45) is 1.58. The molecule has 5 heteroatoms. The molecule has 1 fully saturated rings. The van der Waals surface area contributed by atoms with Crippen LogP contribution in [-0.4, -0.2) is 35.8 Å². The summed E-state index contributed by atoms with van der Waals surface area (Å²) in [5.74, 6) is 1.09. The smallest absolute Gasteiger partial charge is 0.309 e. The summed E-state index contributed by atoms with van der Waals surface area (Å²) in [5, 5.41) is 10.6. The van der Waals surface area contributed by atoms with Gasteiger partial charge in [0, 0.05) is 24.0 Å². The Morgan fingerprint density at radius 2 is 1.86 bits per heavy atom. The number of carbonyl (C=O) groups is 1. The molecule has 3 aromatic rings. The van der Waals surface area contributed by atoms with Crippen LogP contribution >= 0.6 is 0 Å². The molecule has 0 aliphatic carbocycles. The average Bonchev–Trinajstić information content (AvgIpc) is 2.74. The van der Waals surface area contributed by atoms with Crippen LogP contribution in [0.5, 0.6) is 5.75 Å². The molecule has 2 heterocycles. The molecule has 5 nitrogen and oxygen atoms in total. The van der Waals surface area contributed by atoms with Gasteiger partial charge in [0.15, 0.2) is 0 Å². The summed E-state index contributed by atoms with van der Waals surface area (Å²) in [7, 11) is 0. The molecule has 0 amide bonds. The lowest BCUT2D eigenvalue weighted by Gasteiger charge is -2.31. The molecule has 4 rings (SSSR count). The van der Waals surface area contributed by atoms with Gasteiger partial charge in [0.1, 0.15) is 11.6 Å². The Morgan fingerprint density at radius 3 is 2.57 bits per heavy atom. The molecule has 0 saturated carbocycles. The van der Waals surface area contributed by atoms with Gasteiger partial charge in [0.2, 0.25) is 0 Å². The van der Waals surface area contributed by atoms with E-state index < -0.39 is 0 Å². The third-order valence-electron chi connectivity index (χ3n) is 5.32. The number of pyridine rings is 1. The topological polar surface area (TPSA) is 62.7 Å². The molecular weight excluding hydrogens is 352 g/mol. The number of phenolic OH excluding ortho intramolecular Hbond substituents is 1. The second-order valence-electron chi connectivity index (χ2n) is 7.11. The first-order chi connectivity index (χ1) is 13.7. The van der Waals surface area contributed by atoms with Crippen LogP contribution in [0.4, 0.5) is 5.82 Å². The second kappa shape index (κ2) is 7.89. The fourth-order valence-electron chi connectivity index (χ4n) is 3.79.